The Bertz CT molecular complexity index is 1090. The molecule has 2 atom stereocenters. The second kappa shape index (κ2) is 9.14. The molecule has 1 amide bonds. The average molecular weight is 463 g/mol. The Morgan fingerprint density at radius 2 is 1.85 bits per heavy atom. The normalized spacial score (nSPS) is 26.0. The van der Waals surface area contributed by atoms with Crippen molar-refractivity contribution in [1.29, 1.82) is 0 Å². The van der Waals surface area contributed by atoms with Gasteiger partial charge in [0.15, 0.2) is 0 Å². The zero-order valence-electron chi connectivity index (χ0n) is 20.6. The molecule has 0 radical (unpaired) electrons. The number of rotatable bonds is 5. The second-order valence-corrected chi connectivity index (χ2v) is 11.4. The number of hydrogen-bond acceptors (Lipinski definition) is 3. The van der Waals surface area contributed by atoms with Gasteiger partial charge in [0, 0.05) is 67.8 Å². The molecule has 2 aliphatic carbocycles. The van der Waals surface area contributed by atoms with Crippen molar-refractivity contribution in [2.75, 3.05) is 26.3 Å². The van der Waals surface area contributed by atoms with Crippen molar-refractivity contribution in [2.24, 2.45) is 30.7 Å². The number of Topliss-reactive ketones (excluding diaryl/α,β-unsaturated/α-hetero) is 1. The zero-order chi connectivity index (χ0) is 23.2. The van der Waals surface area contributed by atoms with Crippen LogP contribution in [0.1, 0.15) is 73.0 Å². The van der Waals surface area contributed by atoms with Crippen molar-refractivity contribution in [3.63, 3.8) is 0 Å². The van der Waals surface area contributed by atoms with Crippen LogP contribution in [0, 0.1) is 23.7 Å². The minimum absolute atomic E-state index is 0.139. The van der Waals surface area contributed by atoms with E-state index in [0.717, 1.165) is 82.2 Å². The summed E-state index contributed by atoms with van der Waals surface area (Å²) in [4.78, 5) is 27.9. The molecule has 4 aliphatic rings. The van der Waals surface area contributed by atoms with Crippen molar-refractivity contribution in [1.82, 2.24) is 9.47 Å². The summed E-state index contributed by atoms with van der Waals surface area (Å²) in [6.07, 6.45) is 10.8. The van der Waals surface area contributed by atoms with Crippen molar-refractivity contribution >= 4 is 22.6 Å². The van der Waals surface area contributed by atoms with Crippen LogP contribution in [0.2, 0.25) is 0 Å². The summed E-state index contributed by atoms with van der Waals surface area (Å²) in [6, 6.07) is 6.34. The lowest BCUT2D eigenvalue weighted by Crippen LogP contribution is -2.40. The third kappa shape index (κ3) is 4.21. The first-order valence-corrected chi connectivity index (χ1v) is 13.6. The molecular weight excluding hydrogens is 424 g/mol. The fourth-order valence-electron chi connectivity index (χ4n) is 6.98. The van der Waals surface area contributed by atoms with Gasteiger partial charge in [0.05, 0.1) is 0 Å². The lowest BCUT2D eigenvalue weighted by atomic mass is 9.75. The summed E-state index contributed by atoms with van der Waals surface area (Å²) in [5.74, 6) is 2.72. The van der Waals surface area contributed by atoms with E-state index in [1.54, 1.807) is 0 Å². The molecule has 34 heavy (non-hydrogen) atoms. The number of amides is 1. The fraction of sp³-hybridized carbons (Fsp3) is 0.655. The molecule has 2 saturated heterocycles. The Morgan fingerprint density at radius 1 is 1.03 bits per heavy atom. The van der Waals surface area contributed by atoms with Gasteiger partial charge in [0.2, 0.25) is 0 Å². The van der Waals surface area contributed by atoms with Gasteiger partial charge in [-0.05, 0) is 99.3 Å². The summed E-state index contributed by atoms with van der Waals surface area (Å²) in [5, 5.41) is 1.28. The maximum atomic E-state index is 13.5. The number of ether oxygens (including phenoxy) is 1. The van der Waals surface area contributed by atoms with Gasteiger partial charge in [0.25, 0.3) is 5.91 Å². The topological polar surface area (TPSA) is 51.5 Å². The van der Waals surface area contributed by atoms with Crippen molar-refractivity contribution < 1.29 is 14.3 Å². The minimum atomic E-state index is 0.139. The first-order chi connectivity index (χ1) is 16.6. The number of hydrogen-bond donors (Lipinski definition) is 0. The van der Waals surface area contributed by atoms with E-state index >= 15 is 0 Å². The van der Waals surface area contributed by atoms with Crippen LogP contribution < -0.4 is 0 Å². The van der Waals surface area contributed by atoms with Gasteiger partial charge in [0.1, 0.15) is 5.78 Å². The lowest BCUT2D eigenvalue weighted by Gasteiger charge is -2.33. The standard InChI is InChI=1S/C29H38N2O3/c1-30-26-8-6-22(20-10-13-34-14-11-20)16-24(26)25-17-23(7-9-27(25)30)29(33)31-12-2-3-19(18-31)15-28(32)21-4-5-21/h7,9,17,19-22H,2-6,8,10-16,18H2,1H3. The minimum Gasteiger partial charge on any atom is -0.381 e. The Balaban J connectivity index is 1.22. The lowest BCUT2D eigenvalue weighted by molar-refractivity contribution is -0.121. The van der Waals surface area contributed by atoms with Gasteiger partial charge in [-0.1, -0.05) is 0 Å². The number of aromatic nitrogens is 1. The maximum absolute atomic E-state index is 13.5. The summed E-state index contributed by atoms with van der Waals surface area (Å²) in [5.41, 5.74) is 4.99. The van der Waals surface area contributed by atoms with Gasteiger partial charge >= 0.3 is 0 Å². The van der Waals surface area contributed by atoms with Crippen molar-refractivity contribution in [3.05, 3.63) is 35.0 Å². The quantitative estimate of drug-likeness (QED) is 0.633. The van der Waals surface area contributed by atoms with E-state index in [1.165, 1.54) is 41.4 Å². The number of likely N-dealkylation sites (tertiary alicyclic amines) is 1. The predicted molar refractivity (Wildman–Crippen MR) is 133 cm³/mol. The molecule has 6 rings (SSSR count). The molecule has 2 unspecified atom stereocenters. The molecule has 1 aromatic heterocycles. The molecule has 0 bridgehead atoms. The highest BCUT2D eigenvalue weighted by Crippen LogP contribution is 2.39. The van der Waals surface area contributed by atoms with Gasteiger partial charge in [-0.3, -0.25) is 9.59 Å². The number of piperidine rings is 1. The smallest absolute Gasteiger partial charge is 0.253 e. The number of aryl methyl sites for hydroxylation is 1. The van der Waals surface area contributed by atoms with Crippen LogP contribution >= 0.6 is 0 Å². The molecule has 1 saturated carbocycles. The first-order valence-electron chi connectivity index (χ1n) is 13.6. The number of ketones is 1. The molecule has 3 heterocycles. The Hall–Kier alpha value is -2.14. The SMILES string of the molecule is Cn1c2c(c3cc(C(=O)N4CCCC(CC(=O)C5CC5)C4)ccc31)CC(C1CCOCC1)CC2. The molecule has 2 aromatic rings. The molecule has 0 N–H and O–H groups in total. The van der Waals surface area contributed by atoms with Crippen molar-refractivity contribution in [2.45, 2.75) is 64.2 Å². The monoisotopic (exact) mass is 462 g/mol. The van der Waals surface area contributed by atoms with Crippen LogP contribution in [0.3, 0.4) is 0 Å². The first kappa shape index (κ1) is 22.3. The highest BCUT2D eigenvalue weighted by atomic mass is 16.5. The maximum Gasteiger partial charge on any atom is 0.253 e. The third-order valence-electron chi connectivity index (χ3n) is 9.16. The highest BCUT2D eigenvalue weighted by Gasteiger charge is 2.34. The summed E-state index contributed by atoms with van der Waals surface area (Å²) in [6.45, 7) is 3.36. The van der Waals surface area contributed by atoms with Crippen molar-refractivity contribution in [3.8, 4) is 0 Å². The fourth-order valence-corrected chi connectivity index (χ4v) is 6.98. The van der Waals surface area contributed by atoms with Crippen LogP contribution in [0.5, 0.6) is 0 Å². The molecule has 5 heteroatoms. The Labute approximate surface area is 202 Å². The van der Waals surface area contributed by atoms with Gasteiger partial charge in [-0.15, -0.1) is 0 Å². The van der Waals surface area contributed by atoms with Crippen LogP contribution in [-0.4, -0.2) is 47.5 Å². The summed E-state index contributed by atoms with van der Waals surface area (Å²) in [7, 11) is 2.18. The molecular formula is C29H38N2O3. The number of benzene rings is 1. The molecule has 0 spiro atoms. The van der Waals surface area contributed by atoms with Crippen LogP contribution in [0.4, 0.5) is 0 Å². The van der Waals surface area contributed by atoms with Gasteiger partial charge < -0.3 is 14.2 Å². The van der Waals surface area contributed by atoms with E-state index in [9.17, 15) is 9.59 Å². The molecule has 2 aliphatic heterocycles. The van der Waals surface area contributed by atoms with E-state index in [1.807, 2.05) is 11.0 Å². The second-order valence-electron chi connectivity index (χ2n) is 11.4. The van der Waals surface area contributed by atoms with E-state index in [2.05, 4.69) is 23.7 Å². The number of nitrogens with zero attached hydrogens (tertiary/aromatic N) is 2. The Morgan fingerprint density at radius 3 is 2.65 bits per heavy atom. The van der Waals surface area contributed by atoms with Gasteiger partial charge in [-0.2, -0.15) is 0 Å². The zero-order valence-corrected chi connectivity index (χ0v) is 20.6. The van der Waals surface area contributed by atoms with Crippen LogP contribution in [0.15, 0.2) is 18.2 Å². The third-order valence-corrected chi connectivity index (χ3v) is 9.16. The molecule has 3 fully saturated rings. The number of fused-ring (bicyclic) bond motifs is 3. The summed E-state index contributed by atoms with van der Waals surface area (Å²) >= 11 is 0. The van der Waals surface area contributed by atoms with E-state index < -0.39 is 0 Å². The molecule has 5 nitrogen and oxygen atoms in total. The molecule has 1 aromatic carbocycles. The largest absolute Gasteiger partial charge is 0.381 e. The van der Waals surface area contributed by atoms with E-state index in [0.29, 0.717) is 24.0 Å². The van der Waals surface area contributed by atoms with Crippen LogP contribution in [-0.2, 0) is 29.4 Å². The highest BCUT2D eigenvalue weighted by molar-refractivity contribution is 5.99. The molecule has 182 valence electrons. The summed E-state index contributed by atoms with van der Waals surface area (Å²) < 4.78 is 7.97. The predicted octanol–water partition coefficient (Wildman–Crippen LogP) is 4.93. The van der Waals surface area contributed by atoms with Gasteiger partial charge in [-0.25, -0.2) is 0 Å². The van der Waals surface area contributed by atoms with E-state index in [-0.39, 0.29) is 5.91 Å². The van der Waals surface area contributed by atoms with Crippen LogP contribution in [0.25, 0.3) is 10.9 Å². The average Bonchev–Trinajstić information content (AvgIpc) is 3.70. The van der Waals surface area contributed by atoms with E-state index in [4.69, 9.17) is 4.74 Å². The Kier molecular flexibility index (Phi) is 6.00. The number of carbonyl (C=O) groups excluding carboxylic acids is 2. The number of carbonyl (C=O) groups is 2.